The highest BCUT2D eigenvalue weighted by molar-refractivity contribution is 7.45. The minimum Gasteiger partial charge on any atom is -0.756 e. The van der Waals surface area contributed by atoms with Gasteiger partial charge in [-0.15, -0.1) is 0 Å². The number of likely N-dealkylation sites (N-methyl/N-ethyl adjacent to an activating group) is 1. The standard InChI is InChI=1S/C57H97N2O6P/c1-6-8-10-12-14-16-18-20-21-22-23-24-25-26-27-28-29-30-31-32-33-34-35-36-37-39-41-43-45-47-49-51-57(61)58-55(54-65-66(62,63)64-53-52-59(3,4)5)56(60)50-48-46-44-42-40-38-19-17-15-13-11-9-7-2/h8,10,14-17,20-21,23-24,26-27,29-30,32-33,40,42,48,50,55-56,60H,6-7,9,11-13,18-19,22,25,28,31,34-39,41,43-47,49,51-54H2,1-5H3,(H-,58,61,62,63)/b10-8-,16-14-,17-15+,21-20-,24-23-,27-26-,30-29-,33-32-,42-40+,50-48+. The second-order valence-corrected chi connectivity index (χ2v) is 19.5. The second kappa shape index (κ2) is 47.0. The van der Waals surface area contributed by atoms with Crippen LogP contribution in [0, 0.1) is 0 Å². The van der Waals surface area contributed by atoms with Gasteiger partial charge in [-0.25, -0.2) is 0 Å². The summed E-state index contributed by atoms with van der Waals surface area (Å²) >= 11 is 0. The molecule has 0 aromatic carbocycles. The van der Waals surface area contributed by atoms with Crippen molar-refractivity contribution in [3.8, 4) is 0 Å². The summed E-state index contributed by atoms with van der Waals surface area (Å²) in [4.78, 5) is 25.4. The maximum atomic E-state index is 12.9. The Morgan fingerprint density at radius 1 is 0.545 bits per heavy atom. The molecule has 0 aliphatic heterocycles. The number of aliphatic hydroxyl groups excluding tert-OH is 1. The maximum Gasteiger partial charge on any atom is 0.268 e. The van der Waals surface area contributed by atoms with Crippen LogP contribution in [0.15, 0.2) is 122 Å². The zero-order valence-corrected chi connectivity index (χ0v) is 43.5. The number of allylic oxidation sites excluding steroid dienone is 19. The van der Waals surface area contributed by atoms with Gasteiger partial charge >= 0.3 is 0 Å². The van der Waals surface area contributed by atoms with Crippen LogP contribution in [-0.2, 0) is 18.4 Å². The summed E-state index contributed by atoms with van der Waals surface area (Å²) in [5.41, 5.74) is 0. The van der Waals surface area contributed by atoms with E-state index >= 15 is 0 Å². The molecule has 0 saturated carbocycles. The molecule has 0 aliphatic carbocycles. The van der Waals surface area contributed by atoms with Gasteiger partial charge in [0.05, 0.1) is 39.9 Å². The van der Waals surface area contributed by atoms with E-state index in [0.717, 1.165) is 109 Å². The lowest BCUT2D eigenvalue weighted by atomic mass is 10.1. The SMILES string of the molecule is CC/C=C\C/C=C\C/C=C\C/C=C\C/C=C\C/C=C\C/C=C\CCCCCCCCCCCC(=O)NC(COP(=O)([O-])OCC[N+](C)(C)C)C(O)/C=C/CC/C=C/CC/C=C/CCCCC. The van der Waals surface area contributed by atoms with Crippen molar-refractivity contribution < 1.29 is 32.9 Å². The monoisotopic (exact) mass is 937 g/mol. The number of hydrogen-bond acceptors (Lipinski definition) is 6. The van der Waals surface area contributed by atoms with E-state index in [2.05, 4.69) is 129 Å². The Kier molecular flexibility index (Phi) is 44.8. The topological polar surface area (TPSA) is 108 Å². The summed E-state index contributed by atoms with van der Waals surface area (Å²) in [7, 11) is 1.21. The number of hydrogen-bond donors (Lipinski definition) is 2. The van der Waals surface area contributed by atoms with Crippen molar-refractivity contribution in [1.29, 1.82) is 0 Å². The number of carbonyl (C=O) groups excluding carboxylic acids is 1. The van der Waals surface area contributed by atoms with Gasteiger partial charge in [0.2, 0.25) is 5.91 Å². The third-order valence-corrected chi connectivity index (χ3v) is 11.6. The Morgan fingerprint density at radius 3 is 1.41 bits per heavy atom. The molecule has 9 heteroatoms. The lowest BCUT2D eigenvalue weighted by molar-refractivity contribution is -0.870. The second-order valence-electron chi connectivity index (χ2n) is 18.1. The number of rotatable bonds is 45. The first kappa shape index (κ1) is 62.9. The van der Waals surface area contributed by atoms with Crippen LogP contribution in [-0.4, -0.2) is 68.5 Å². The van der Waals surface area contributed by atoms with Gasteiger partial charge in [-0.3, -0.25) is 9.36 Å². The minimum atomic E-state index is -4.61. The highest BCUT2D eigenvalue weighted by Crippen LogP contribution is 2.38. The molecule has 0 saturated heterocycles. The van der Waals surface area contributed by atoms with Crippen LogP contribution in [0.5, 0.6) is 0 Å². The van der Waals surface area contributed by atoms with Crippen molar-refractivity contribution in [2.24, 2.45) is 0 Å². The minimum absolute atomic E-state index is 0.0169. The number of amides is 1. The fourth-order valence-corrected chi connectivity index (χ4v) is 7.30. The Bertz CT molecular complexity index is 1480. The fourth-order valence-electron chi connectivity index (χ4n) is 6.57. The molecule has 376 valence electrons. The third-order valence-electron chi connectivity index (χ3n) is 10.6. The summed E-state index contributed by atoms with van der Waals surface area (Å²) in [5.74, 6) is -0.225. The molecule has 0 rings (SSSR count). The first-order valence-electron chi connectivity index (χ1n) is 25.9. The van der Waals surface area contributed by atoms with Crippen LogP contribution in [0.3, 0.4) is 0 Å². The molecule has 0 aromatic heterocycles. The van der Waals surface area contributed by atoms with E-state index in [1.54, 1.807) is 6.08 Å². The van der Waals surface area contributed by atoms with Crippen LogP contribution in [0.25, 0.3) is 0 Å². The van der Waals surface area contributed by atoms with E-state index in [4.69, 9.17) is 9.05 Å². The molecule has 0 spiro atoms. The average molecular weight is 937 g/mol. The van der Waals surface area contributed by atoms with E-state index in [0.29, 0.717) is 17.4 Å². The zero-order chi connectivity index (χ0) is 48.5. The average Bonchev–Trinajstić information content (AvgIpc) is 3.28. The quantitative estimate of drug-likeness (QED) is 0.0273. The number of nitrogens with one attached hydrogen (secondary N) is 1. The first-order chi connectivity index (χ1) is 32.0. The lowest BCUT2D eigenvalue weighted by Gasteiger charge is -2.29. The smallest absolute Gasteiger partial charge is 0.268 e. The van der Waals surface area contributed by atoms with Crippen LogP contribution in [0.1, 0.15) is 181 Å². The summed E-state index contributed by atoms with van der Waals surface area (Å²) in [6.07, 6.45) is 69.8. The summed E-state index contributed by atoms with van der Waals surface area (Å²) in [5, 5.41) is 13.8. The molecular formula is C57H97N2O6P. The van der Waals surface area contributed by atoms with Crippen molar-refractivity contribution in [1.82, 2.24) is 5.32 Å². The number of quaternary nitrogens is 1. The summed E-state index contributed by atoms with van der Waals surface area (Å²) in [6, 6.07) is -0.921. The van der Waals surface area contributed by atoms with E-state index < -0.39 is 26.6 Å². The largest absolute Gasteiger partial charge is 0.756 e. The van der Waals surface area contributed by atoms with E-state index in [1.807, 2.05) is 27.2 Å². The molecule has 3 unspecified atom stereocenters. The van der Waals surface area contributed by atoms with Gasteiger partial charge in [0.15, 0.2) is 0 Å². The Labute approximate surface area is 405 Å². The normalized spacial score (nSPS) is 15.1. The first-order valence-corrected chi connectivity index (χ1v) is 27.4. The van der Waals surface area contributed by atoms with E-state index in [-0.39, 0.29) is 12.5 Å². The Hall–Kier alpha value is -3.10. The molecule has 3 atom stereocenters. The highest BCUT2D eigenvalue weighted by atomic mass is 31.2. The van der Waals surface area contributed by atoms with Crippen molar-refractivity contribution in [2.75, 3.05) is 40.9 Å². The van der Waals surface area contributed by atoms with Gasteiger partial charge in [-0.2, -0.15) is 0 Å². The predicted octanol–water partition coefficient (Wildman–Crippen LogP) is 14.8. The van der Waals surface area contributed by atoms with Crippen LogP contribution < -0.4 is 10.2 Å². The third kappa shape index (κ3) is 48.8. The zero-order valence-electron chi connectivity index (χ0n) is 42.6. The molecule has 0 fully saturated rings. The fraction of sp³-hybridized carbons (Fsp3) is 0.632. The molecule has 0 aromatic rings. The van der Waals surface area contributed by atoms with Gasteiger partial charge in [0.25, 0.3) is 7.82 Å². The molecule has 2 N–H and O–H groups in total. The van der Waals surface area contributed by atoms with Gasteiger partial charge in [-0.05, 0) is 103 Å². The molecule has 0 aliphatic rings. The van der Waals surface area contributed by atoms with Gasteiger partial charge in [0.1, 0.15) is 13.2 Å². The van der Waals surface area contributed by atoms with Crippen molar-refractivity contribution in [3.05, 3.63) is 122 Å². The van der Waals surface area contributed by atoms with E-state index in [1.165, 1.54) is 51.4 Å². The maximum absolute atomic E-state index is 12.9. The van der Waals surface area contributed by atoms with Crippen molar-refractivity contribution >= 4 is 13.7 Å². The summed E-state index contributed by atoms with van der Waals surface area (Å²) < 4.78 is 23.2. The molecule has 1 amide bonds. The number of nitrogens with zero attached hydrogens (tertiary/aromatic N) is 1. The molecule has 0 radical (unpaired) electrons. The number of unbranched alkanes of at least 4 members (excludes halogenated alkanes) is 14. The van der Waals surface area contributed by atoms with Gasteiger partial charge in [0, 0.05) is 6.42 Å². The molecule has 0 bridgehead atoms. The highest BCUT2D eigenvalue weighted by Gasteiger charge is 2.23. The number of phosphoric ester groups is 1. The lowest BCUT2D eigenvalue weighted by Crippen LogP contribution is -2.45. The summed E-state index contributed by atoms with van der Waals surface area (Å²) in [6.45, 7) is 4.44. The Balaban J connectivity index is 4.26. The van der Waals surface area contributed by atoms with E-state index in [9.17, 15) is 19.4 Å². The Morgan fingerprint density at radius 2 is 0.939 bits per heavy atom. The van der Waals surface area contributed by atoms with Crippen molar-refractivity contribution in [3.63, 3.8) is 0 Å². The predicted molar refractivity (Wildman–Crippen MR) is 283 cm³/mol. The van der Waals surface area contributed by atoms with Crippen molar-refractivity contribution in [2.45, 2.75) is 193 Å². The van der Waals surface area contributed by atoms with Crippen LogP contribution in [0.2, 0.25) is 0 Å². The van der Waals surface area contributed by atoms with Crippen LogP contribution in [0.4, 0.5) is 0 Å². The number of carbonyl (C=O) groups is 1. The van der Waals surface area contributed by atoms with Crippen LogP contribution >= 0.6 is 7.82 Å². The number of phosphoric acid groups is 1. The molecular weight excluding hydrogens is 840 g/mol. The van der Waals surface area contributed by atoms with Gasteiger partial charge in [-0.1, -0.05) is 193 Å². The number of aliphatic hydroxyl groups is 1. The van der Waals surface area contributed by atoms with Gasteiger partial charge < -0.3 is 28.8 Å². The molecule has 66 heavy (non-hydrogen) atoms. The molecule has 0 heterocycles. The molecule has 8 nitrogen and oxygen atoms in total.